The second kappa shape index (κ2) is 9.65. The molecule has 1 saturated heterocycles. The molecule has 1 amide bonds. The molecule has 1 aromatic heterocycles. The van der Waals surface area contributed by atoms with Crippen molar-refractivity contribution in [3.8, 4) is 0 Å². The summed E-state index contributed by atoms with van der Waals surface area (Å²) in [6.45, 7) is 7.82. The average molecular weight is 366 g/mol. The molecule has 1 aromatic carbocycles. The topological polar surface area (TPSA) is 45.2 Å². The van der Waals surface area contributed by atoms with Crippen molar-refractivity contribution >= 4 is 5.91 Å². The maximum absolute atomic E-state index is 12.7. The number of carbonyl (C=O) groups excluding carboxylic acids is 1. The van der Waals surface area contributed by atoms with E-state index in [4.69, 9.17) is 0 Å². The molecule has 4 nitrogen and oxygen atoms in total. The number of nitrogens with zero attached hydrogens (tertiary/aromatic N) is 2. The highest BCUT2D eigenvalue weighted by Crippen LogP contribution is 2.29. The Bertz CT molecular complexity index is 702. The predicted octanol–water partition coefficient (Wildman–Crippen LogP) is 3.85. The van der Waals surface area contributed by atoms with Gasteiger partial charge in [0.1, 0.15) is 0 Å². The number of likely N-dealkylation sites (tertiary alicyclic amines) is 1. The molecule has 3 rings (SSSR count). The second-order valence-corrected chi connectivity index (χ2v) is 8.02. The Hall–Kier alpha value is -2.20. The van der Waals surface area contributed by atoms with Gasteiger partial charge in [-0.3, -0.25) is 9.78 Å². The number of piperidine rings is 1. The van der Waals surface area contributed by atoms with E-state index in [1.807, 2.05) is 54.7 Å². The van der Waals surface area contributed by atoms with Gasteiger partial charge < -0.3 is 10.2 Å². The van der Waals surface area contributed by atoms with Crippen LogP contribution in [0.5, 0.6) is 0 Å². The number of amides is 1. The zero-order valence-corrected chi connectivity index (χ0v) is 16.5. The van der Waals surface area contributed by atoms with Crippen LogP contribution in [0.2, 0.25) is 0 Å². The highest BCUT2D eigenvalue weighted by Gasteiger charge is 2.30. The number of aromatic nitrogens is 1. The fourth-order valence-corrected chi connectivity index (χ4v) is 4.04. The SMILES string of the molecule is CC(C)CN1CCC[C@H]([C@@H](NC(=O)Cc2ccccc2)c2ccccn2)C1. The van der Waals surface area contributed by atoms with Crippen molar-refractivity contribution in [3.05, 3.63) is 66.0 Å². The number of hydrogen-bond donors (Lipinski definition) is 1. The minimum atomic E-state index is -0.0302. The van der Waals surface area contributed by atoms with Gasteiger partial charge in [0.15, 0.2) is 0 Å². The summed E-state index contributed by atoms with van der Waals surface area (Å²) in [6, 6.07) is 15.9. The van der Waals surface area contributed by atoms with Gasteiger partial charge in [0.2, 0.25) is 5.91 Å². The van der Waals surface area contributed by atoms with E-state index in [1.165, 1.54) is 6.42 Å². The van der Waals surface area contributed by atoms with E-state index in [1.54, 1.807) is 0 Å². The normalized spacial score (nSPS) is 19.0. The summed E-state index contributed by atoms with van der Waals surface area (Å²) in [5, 5.41) is 3.30. The molecule has 1 fully saturated rings. The fourth-order valence-electron chi connectivity index (χ4n) is 4.04. The van der Waals surface area contributed by atoms with Crippen LogP contribution in [0.25, 0.3) is 0 Å². The first kappa shape index (κ1) is 19.6. The number of benzene rings is 1. The lowest BCUT2D eigenvalue weighted by atomic mass is 9.88. The molecule has 0 saturated carbocycles. The minimum absolute atomic E-state index is 0.0302. The summed E-state index contributed by atoms with van der Waals surface area (Å²) in [7, 11) is 0. The minimum Gasteiger partial charge on any atom is -0.347 e. The molecule has 1 aliphatic rings. The van der Waals surface area contributed by atoms with E-state index in [-0.39, 0.29) is 11.9 Å². The molecule has 0 bridgehead atoms. The van der Waals surface area contributed by atoms with Crippen molar-refractivity contribution in [2.75, 3.05) is 19.6 Å². The number of carbonyl (C=O) groups is 1. The van der Waals surface area contributed by atoms with E-state index in [2.05, 4.69) is 29.0 Å². The lowest BCUT2D eigenvalue weighted by Gasteiger charge is -2.37. The van der Waals surface area contributed by atoms with Gasteiger partial charge in [-0.2, -0.15) is 0 Å². The van der Waals surface area contributed by atoms with E-state index >= 15 is 0 Å². The van der Waals surface area contributed by atoms with E-state index in [0.717, 1.165) is 37.3 Å². The first-order valence-corrected chi connectivity index (χ1v) is 10.1. The van der Waals surface area contributed by atoms with Gasteiger partial charge in [-0.05, 0) is 48.9 Å². The zero-order chi connectivity index (χ0) is 19.1. The Balaban J connectivity index is 1.72. The third-order valence-corrected chi connectivity index (χ3v) is 5.17. The Kier molecular flexibility index (Phi) is 6.99. The average Bonchev–Trinajstić information content (AvgIpc) is 2.67. The van der Waals surface area contributed by atoms with Gasteiger partial charge in [0.25, 0.3) is 0 Å². The van der Waals surface area contributed by atoms with Crippen LogP contribution in [-0.2, 0) is 11.2 Å². The van der Waals surface area contributed by atoms with Gasteiger partial charge >= 0.3 is 0 Å². The molecular weight excluding hydrogens is 334 g/mol. The third-order valence-electron chi connectivity index (χ3n) is 5.17. The molecule has 1 N–H and O–H groups in total. The summed E-state index contributed by atoms with van der Waals surface area (Å²) >= 11 is 0. The lowest BCUT2D eigenvalue weighted by molar-refractivity contribution is -0.121. The molecular formula is C23H31N3O. The van der Waals surface area contributed by atoms with Crippen molar-refractivity contribution in [1.82, 2.24) is 15.2 Å². The van der Waals surface area contributed by atoms with Gasteiger partial charge in [0.05, 0.1) is 18.2 Å². The maximum atomic E-state index is 12.7. The summed E-state index contributed by atoms with van der Waals surface area (Å²) in [5.41, 5.74) is 2.01. The van der Waals surface area contributed by atoms with Crippen LogP contribution < -0.4 is 5.32 Å². The van der Waals surface area contributed by atoms with Crippen LogP contribution in [0.4, 0.5) is 0 Å². The molecule has 0 radical (unpaired) electrons. The van der Waals surface area contributed by atoms with Crippen LogP contribution in [0.15, 0.2) is 54.7 Å². The van der Waals surface area contributed by atoms with Crippen LogP contribution in [0.3, 0.4) is 0 Å². The Labute approximate surface area is 163 Å². The third kappa shape index (κ3) is 5.90. The quantitative estimate of drug-likeness (QED) is 0.811. The molecule has 27 heavy (non-hydrogen) atoms. The molecule has 0 aliphatic carbocycles. The molecule has 0 spiro atoms. The summed E-state index contributed by atoms with van der Waals surface area (Å²) in [4.78, 5) is 19.9. The van der Waals surface area contributed by atoms with Gasteiger partial charge in [-0.15, -0.1) is 0 Å². The number of rotatable bonds is 7. The Morgan fingerprint density at radius 1 is 1.19 bits per heavy atom. The van der Waals surface area contributed by atoms with Gasteiger partial charge in [-0.1, -0.05) is 50.2 Å². The molecule has 0 unspecified atom stereocenters. The molecule has 2 aromatic rings. The maximum Gasteiger partial charge on any atom is 0.224 e. The van der Waals surface area contributed by atoms with Crippen molar-refractivity contribution < 1.29 is 4.79 Å². The van der Waals surface area contributed by atoms with E-state index in [0.29, 0.717) is 18.3 Å². The fraction of sp³-hybridized carbons (Fsp3) is 0.478. The summed E-state index contributed by atoms with van der Waals surface area (Å²) in [6.07, 6.45) is 4.53. The van der Waals surface area contributed by atoms with Crippen molar-refractivity contribution in [2.24, 2.45) is 11.8 Å². The molecule has 4 heteroatoms. The van der Waals surface area contributed by atoms with Crippen molar-refractivity contribution in [1.29, 1.82) is 0 Å². The van der Waals surface area contributed by atoms with Crippen LogP contribution in [0, 0.1) is 11.8 Å². The largest absolute Gasteiger partial charge is 0.347 e. The molecule has 2 heterocycles. The second-order valence-electron chi connectivity index (χ2n) is 8.02. The number of nitrogens with one attached hydrogen (secondary N) is 1. The standard InChI is InChI=1S/C23H31N3O/c1-18(2)16-26-14-8-11-20(17-26)23(21-12-6-7-13-24-21)25-22(27)15-19-9-4-3-5-10-19/h3-7,9-10,12-13,18,20,23H,8,11,14-17H2,1-2H3,(H,25,27)/t20-,23+/m0/s1. The first-order chi connectivity index (χ1) is 13.1. The van der Waals surface area contributed by atoms with Crippen LogP contribution in [0.1, 0.15) is 44.0 Å². The molecule has 2 atom stereocenters. The van der Waals surface area contributed by atoms with Crippen molar-refractivity contribution in [3.63, 3.8) is 0 Å². The highest BCUT2D eigenvalue weighted by molar-refractivity contribution is 5.79. The molecule has 144 valence electrons. The van der Waals surface area contributed by atoms with Crippen LogP contribution >= 0.6 is 0 Å². The Morgan fingerprint density at radius 3 is 2.67 bits per heavy atom. The zero-order valence-electron chi connectivity index (χ0n) is 16.5. The number of hydrogen-bond acceptors (Lipinski definition) is 3. The van der Waals surface area contributed by atoms with E-state index < -0.39 is 0 Å². The monoisotopic (exact) mass is 365 g/mol. The van der Waals surface area contributed by atoms with E-state index in [9.17, 15) is 4.79 Å². The summed E-state index contributed by atoms with van der Waals surface area (Å²) in [5.74, 6) is 1.12. The van der Waals surface area contributed by atoms with Gasteiger partial charge in [0, 0.05) is 19.3 Å². The predicted molar refractivity (Wildman–Crippen MR) is 109 cm³/mol. The highest BCUT2D eigenvalue weighted by atomic mass is 16.1. The van der Waals surface area contributed by atoms with Gasteiger partial charge in [-0.25, -0.2) is 0 Å². The van der Waals surface area contributed by atoms with Crippen LogP contribution in [-0.4, -0.2) is 35.4 Å². The number of pyridine rings is 1. The summed E-state index contributed by atoms with van der Waals surface area (Å²) < 4.78 is 0. The van der Waals surface area contributed by atoms with Crippen molar-refractivity contribution in [2.45, 2.75) is 39.2 Å². The molecule has 1 aliphatic heterocycles. The lowest BCUT2D eigenvalue weighted by Crippen LogP contribution is -2.44. The Morgan fingerprint density at radius 2 is 1.96 bits per heavy atom. The first-order valence-electron chi connectivity index (χ1n) is 10.1. The smallest absolute Gasteiger partial charge is 0.224 e.